The molecule has 0 heterocycles. The van der Waals surface area contributed by atoms with Crippen molar-refractivity contribution in [1.29, 1.82) is 0 Å². The van der Waals surface area contributed by atoms with Crippen LogP contribution in [0.2, 0.25) is 0 Å². The van der Waals surface area contributed by atoms with Gasteiger partial charge in [0.15, 0.2) is 0 Å². The summed E-state index contributed by atoms with van der Waals surface area (Å²) in [5, 5.41) is 0. The number of rotatable bonds is 6. The van der Waals surface area contributed by atoms with Crippen molar-refractivity contribution in [2.24, 2.45) is 0 Å². The molecule has 2 aliphatic carbocycles. The molecule has 0 fully saturated rings. The van der Waals surface area contributed by atoms with E-state index in [0.717, 1.165) is 12.8 Å². The monoisotopic (exact) mass is 720 g/mol. The van der Waals surface area contributed by atoms with E-state index in [-0.39, 0.29) is 35.6 Å². The van der Waals surface area contributed by atoms with Crippen molar-refractivity contribution in [2.75, 3.05) is 0 Å². The first-order valence-corrected chi connectivity index (χ1v) is 19.5. The summed E-state index contributed by atoms with van der Waals surface area (Å²) in [6.45, 7) is 22.1. The molecule has 0 atom stereocenters. The summed E-state index contributed by atoms with van der Waals surface area (Å²) in [4.78, 5) is 0. The molecule has 3 heteroatoms. The fourth-order valence-corrected chi connectivity index (χ4v) is 14.6. The molecule has 0 aromatic heterocycles. The van der Waals surface area contributed by atoms with Crippen LogP contribution in [0.5, 0.6) is 0 Å². The van der Waals surface area contributed by atoms with Gasteiger partial charge in [0, 0.05) is 0 Å². The van der Waals surface area contributed by atoms with Crippen LogP contribution in [0, 0.1) is 0 Å². The summed E-state index contributed by atoms with van der Waals surface area (Å²) in [6, 6.07) is 30.7. The smallest absolute Gasteiger partial charge is 1.00 e. The van der Waals surface area contributed by atoms with Crippen LogP contribution in [0.15, 0.2) is 114 Å². The van der Waals surface area contributed by atoms with E-state index in [2.05, 4.69) is 152 Å². The minimum Gasteiger partial charge on any atom is -1.00 e. The number of hydrogen-bond acceptors (Lipinski definition) is 0. The van der Waals surface area contributed by atoms with E-state index in [4.69, 9.17) is 0 Å². The molecule has 0 radical (unpaired) electrons. The summed E-state index contributed by atoms with van der Waals surface area (Å²) < 4.78 is 4.78. The van der Waals surface area contributed by atoms with Crippen molar-refractivity contribution >= 4 is 18.6 Å². The molecule has 0 saturated carbocycles. The van der Waals surface area contributed by atoms with Crippen LogP contribution in [0.4, 0.5) is 0 Å². The predicted octanol–water partition coefficient (Wildman–Crippen LogP) is 4.50. The minimum absolute atomic E-state index is 0. The SMILES string of the molecule is C=Cc1ccc2c(c1)-c1cc(C=C)c[c]([Zr+2]([C]3=CC=CC3)=[C](c3ccc(C(C)(C)C)cc3)c3ccc(C(C)(C)C)cc3)c1C2.[Cl-].[Cl-]. The van der Waals surface area contributed by atoms with Crippen LogP contribution in [-0.2, 0) is 38.5 Å². The van der Waals surface area contributed by atoms with Gasteiger partial charge in [-0.3, -0.25) is 0 Å². The Morgan fingerprint density at radius 3 is 1.70 bits per heavy atom. The molecule has 234 valence electrons. The number of benzene rings is 4. The third-order valence-electron chi connectivity index (χ3n) is 9.23. The fourth-order valence-electron chi connectivity index (χ4n) is 6.61. The van der Waals surface area contributed by atoms with Crippen molar-refractivity contribution in [3.63, 3.8) is 0 Å². The van der Waals surface area contributed by atoms with E-state index in [1.165, 1.54) is 55.6 Å². The van der Waals surface area contributed by atoms with E-state index in [0.29, 0.717) is 0 Å². The van der Waals surface area contributed by atoms with Gasteiger partial charge in [-0.05, 0) is 0 Å². The molecular weight excluding hydrogens is 679 g/mol. The van der Waals surface area contributed by atoms with Crippen LogP contribution in [-0.4, -0.2) is 3.21 Å². The summed E-state index contributed by atoms with van der Waals surface area (Å²) in [5.74, 6) is 0. The quantitative estimate of drug-likeness (QED) is 0.243. The first kappa shape index (κ1) is 36.0. The predicted molar refractivity (Wildman–Crippen MR) is 190 cm³/mol. The normalized spacial score (nSPS) is 12.9. The van der Waals surface area contributed by atoms with Crippen molar-refractivity contribution in [2.45, 2.75) is 65.2 Å². The van der Waals surface area contributed by atoms with Crippen LogP contribution < -0.4 is 28.1 Å². The van der Waals surface area contributed by atoms with Gasteiger partial charge in [-0.15, -0.1) is 0 Å². The van der Waals surface area contributed by atoms with Crippen LogP contribution >= 0.6 is 0 Å². The van der Waals surface area contributed by atoms with Gasteiger partial charge in [0.05, 0.1) is 0 Å². The topological polar surface area (TPSA) is 0 Å². The zero-order valence-electron chi connectivity index (χ0n) is 28.0. The van der Waals surface area contributed by atoms with Gasteiger partial charge in [0.2, 0.25) is 0 Å². The maximum atomic E-state index is 4.24. The standard InChI is InChI=1S/C21H26.C17H13.C5H5.2ClH.Zr/c1-20(2,3)18-11-7-16(8-12-18)15-17-9-13-19(14-10-17)21(4,5)6;1-3-12-5-7-14-11-15-8-6-13(4-2)10-17(15)16(14)9-12;1-2-4-5-3-1;;;/h7-14H,1-6H3;3-7,9-10H,1-2,11H2;1-3H,4H2;2*1H;/q;;;;;+2/p-2. The van der Waals surface area contributed by atoms with E-state index in [9.17, 15) is 0 Å². The van der Waals surface area contributed by atoms with Crippen molar-refractivity contribution in [3.05, 3.63) is 158 Å². The minimum atomic E-state index is -2.76. The summed E-state index contributed by atoms with van der Waals surface area (Å²) in [7, 11) is 0. The Hall–Kier alpha value is -2.83. The molecule has 0 saturated heterocycles. The Morgan fingerprint density at radius 2 is 1.22 bits per heavy atom. The Labute approximate surface area is 297 Å². The largest absolute Gasteiger partial charge is 1.00 e. The molecule has 2 aliphatic rings. The first-order chi connectivity index (χ1) is 21.0. The molecule has 0 amide bonds. The van der Waals surface area contributed by atoms with Gasteiger partial charge in [-0.2, -0.15) is 0 Å². The van der Waals surface area contributed by atoms with Crippen LogP contribution in [0.3, 0.4) is 0 Å². The fraction of sp³-hybridized carbons (Fsp3) is 0.233. The average Bonchev–Trinajstić information content (AvgIpc) is 3.67. The zero-order chi connectivity index (χ0) is 31.2. The van der Waals surface area contributed by atoms with Gasteiger partial charge in [-0.25, -0.2) is 0 Å². The van der Waals surface area contributed by atoms with E-state index in [1.54, 1.807) is 9.76 Å². The maximum absolute atomic E-state index is 4.24. The molecule has 46 heavy (non-hydrogen) atoms. The Bertz CT molecular complexity index is 1810. The summed E-state index contributed by atoms with van der Waals surface area (Å²) in [5.41, 5.74) is 13.8. The Morgan fingerprint density at radius 1 is 0.674 bits per heavy atom. The zero-order valence-corrected chi connectivity index (χ0v) is 31.9. The molecule has 4 aromatic carbocycles. The van der Waals surface area contributed by atoms with Crippen molar-refractivity contribution < 1.29 is 46.1 Å². The molecule has 0 N–H and O–H groups in total. The molecule has 6 rings (SSSR count). The number of hydrogen-bond donors (Lipinski definition) is 0. The first-order valence-electron chi connectivity index (χ1n) is 15.9. The molecule has 4 aromatic rings. The van der Waals surface area contributed by atoms with E-state index in [1.807, 2.05) is 12.2 Å². The van der Waals surface area contributed by atoms with Gasteiger partial charge in [0.25, 0.3) is 0 Å². The van der Waals surface area contributed by atoms with Gasteiger partial charge < -0.3 is 24.8 Å². The second kappa shape index (κ2) is 14.1. The van der Waals surface area contributed by atoms with Crippen LogP contribution in [0.25, 0.3) is 23.3 Å². The molecule has 0 nitrogen and oxygen atoms in total. The van der Waals surface area contributed by atoms with Crippen molar-refractivity contribution in [1.82, 2.24) is 0 Å². The number of halogens is 2. The molecule has 0 bridgehead atoms. The molecule has 0 aliphatic heterocycles. The molecule has 0 spiro atoms. The third kappa shape index (κ3) is 7.04. The maximum Gasteiger partial charge on any atom is -1.00 e. The molecular formula is C43H44Cl2Zr. The van der Waals surface area contributed by atoms with Crippen molar-refractivity contribution in [3.8, 4) is 11.1 Å². The number of allylic oxidation sites excluding steroid dienone is 4. The van der Waals surface area contributed by atoms with E-state index < -0.39 is 21.3 Å². The second-order valence-electron chi connectivity index (χ2n) is 14.3. The van der Waals surface area contributed by atoms with Gasteiger partial charge in [0.1, 0.15) is 0 Å². The third-order valence-corrected chi connectivity index (χ3v) is 16.8. The van der Waals surface area contributed by atoms with Crippen LogP contribution in [0.1, 0.15) is 92.5 Å². The summed E-state index contributed by atoms with van der Waals surface area (Å²) in [6.07, 6.45) is 13.1. The van der Waals surface area contributed by atoms with Gasteiger partial charge >= 0.3 is 274 Å². The summed E-state index contributed by atoms with van der Waals surface area (Å²) >= 11 is -2.76. The average molecular weight is 723 g/mol. The Kier molecular flexibility index (Phi) is 11.1. The van der Waals surface area contributed by atoms with Gasteiger partial charge in [-0.1, -0.05) is 0 Å². The number of fused-ring (bicyclic) bond motifs is 3. The van der Waals surface area contributed by atoms with E-state index >= 15 is 0 Å². The second-order valence-corrected chi connectivity index (χ2v) is 20.3. The Balaban J connectivity index is 0.00000240. The molecule has 0 unspecified atom stereocenters.